The van der Waals surface area contributed by atoms with Gasteiger partial charge < -0.3 is 10.1 Å². The van der Waals surface area contributed by atoms with Crippen LogP contribution in [0.3, 0.4) is 0 Å². The molecule has 0 unspecified atom stereocenters. The van der Waals surface area contributed by atoms with Gasteiger partial charge in [-0.1, -0.05) is 36.8 Å². The highest BCUT2D eigenvalue weighted by atomic mass is 16.5. The van der Waals surface area contributed by atoms with E-state index in [1.54, 1.807) is 0 Å². The van der Waals surface area contributed by atoms with Gasteiger partial charge in [0.25, 0.3) is 0 Å². The highest BCUT2D eigenvalue weighted by Gasteiger charge is 2.53. The van der Waals surface area contributed by atoms with Crippen LogP contribution in [0.5, 0.6) is 0 Å². The van der Waals surface area contributed by atoms with Crippen molar-refractivity contribution < 1.29 is 9.53 Å². The van der Waals surface area contributed by atoms with Gasteiger partial charge in [0.2, 0.25) is 5.91 Å². The number of nitrogens with one attached hydrogen (secondary N) is 1. The second-order valence-electron chi connectivity index (χ2n) is 6.73. The monoisotopic (exact) mass is 285 g/mol. The number of amides is 1. The Balaban J connectivity index is 1.50. The van der Waals surface area contributed by atoms with Crippen molar-refractivity contribution in [3.63, 3.8) is 0 Å². The second kappa shape index (κ2) is 5.45. The van der Waals surface area contributed by atoms with Crippen LogP contribution in [-0.2, 0) is 9.53 Å². The molecule has 2 saturated carbocycles. The molecule has 1 saturated heterocycles. The number of fused-ring (bicyclic) bond motifs is 1. The molecule has 2 aliphatic carbocycles. The molecule has 0 bridgehead atoms. The summed E-state index contributed by atoms with van der Waals surface area (Å²) >= 11 is 0. The molecule has 1 N–H and O–H groups in total. The molecule has 3 fully saturated rings. The van der Waals surface area contributed by atoms with Crippen molar-refractivity contribution >= 4 is 5.91 Å². The number of carbonyl (C=O) groups is 1. The molecule has 1 amide bonds. The van der Waals surface area contributed by atoms with E-state index in [1.807, 2.05) is 0 Å². The fourth-order valence-electron chi connectivity index (χ4n) is 4.66. The SMILES string of the molecule is O=C(N[C@@H]1[C@@H]2CCC[C@@H]2[C@@H]1c1ccccc1)[C@H]1CCCO1. The highest BCUT2D eigenvalue weighted by molar-refractivity contribution is 5.81. The Morgan fingerprint density at radius 1 is 1.05 bits per heavy atom. The topological polar surface area (TPSA) is 38.3 Å². The zero-order valence-corrected chi connectivity index (χ0v) is 12.3. The van der Waals surface area contributed by atoms with Gasteiger partial charge >= 0.3 is 0 Å². The standard InChI is InChI=1S/C18H23NO2/c20-18(15-10-5-11-21-15)19-17-14-9-4-8-13(14)16(17)12-6-2-1-3-7-12/h1-3,6-7,13-17H,4-5,8-11H2,(H,19,20)/t13-,14+,15+,16-,17+/m0/s1. The van der Waals surface area contributed by atoms with Gasteiger partial charge in [0.05, 0.1) is 0 Å². The molecule has 0 spiro atoms. The van der Waals surface area contributed by atoms with Gasteiger partial charge in [0.1, 0.15) is 6.10 Å². The Morgan fingerprint density at radius 2 is 1.86 bits per heavy atom. The highest BCUT2D eigenvalue weighted by Crippen LogP contribution is 2.55. The number of carbonyl (C=O) groups excluding carboxylic acids is 1. The van der Waals surface area contributed by atoms with Gasteiger partial charge in [0.15, 0.2) is 0 Å². The van der Waals surface area contributed by atoms with Gasteiger partial charge in [-0.25, -0.2) is 0 Å². The van der Waals surface area contributed by atoms with Crippen LogP contribution >= 0.6 is 0 Å². The quantitative estimate of drug-likeness (QED) is 0.927. The molecule has 112 valence electrons. The second-order valence-corrected chi connectivity index (χ2v) is 6.73. The van der Waals surface area contributed by atoms with E-state index in [0.29, 0.717) is 17.9 Å². The Morgan fingerprint density at radius 3 is 2.62 bits per heavy atom. The van der Waals surface area contributed by atoms with Crippen LogP contribution in [0.25, 0.3) is 0 Å². The number of hydrogen-bond donors (Lipinski definition) is 1. The summed E-state index contributed by atoms with van der Waals surface area (Å²) < 4.78 is 5.52. The molecule has 1 aliphatic heterocycles. The number of benzene rings is 1. The molecular formula is C18H23NO2. The first-order valence-corrected chi connectivity index (χ1v) is 8.31. The molecule has 5 atom stereocenters. The van der Waals surface area contributed by atoms with E-state index in [4.69, 9.17) is 4.74 Å². The van der Waals surface area contributed by atoms with Crippen LogP contribution in [0, 0.1) is 11.8 Å². The van der Waals surface area contributed by atoms with Gasteiger partial charge in [-0.15, -0.1) is 0 Å². The average molecular weight is 285 g/mol. The third-order valence-corrected chi connectivity index (χ3v) is 5.65. The molecule has 0 aromatic heterocycles. The molecule has 3 heteroatoms. The maximum absolute atomic E-state index is 12.4. The van der Waals surface area contributed by atoms with E-state index < -0.39 is 0 Å². The van der Waals surface area contributed by atoms with E-state index in [9.17, 15) is 4.79 Å². The molecule has 1 aromatic carbocycles. The van der Waals surface area contributed by atoms with E-state index in [-0.39, 0.29) is 12.0 Å². The van der Waals surface area contributed by atoms with Gasteiger partial charge in [-0.2, -0.15) is 0 Å². The molecule has 1 aromatic rings. The number of rotatable bonds is 3. The maximum atomic E-state index is 12.4. The maximum Gasteiger partial charge on any atom is 0.249 e. The summed E-state index contributed by atoms with van der Waals surface area (Å²) in [7, 11) is 0. The van der Waals surface area contributed by atoms with Crippen molar-refractivity contribution in [2.24, 2.45) is 11.8 Å². The van der Waals surface area contributed by atoms with Gasteiger partial charge in [-0.3, -0.25) is 4.79 Å². The zero-order chi connectivity index (χ0) is 14.2. The van der Waals surface area contributed by atoms with Crippen LogP contribution in [-0.4, -0.2) is 24.7 Å². The molecule has 0 radical (unpaired) electrons. The summed E-state index contributed by atoms with van der Waals surface area (Å²) in [5.74, 6) is 2.07. The van der Waals surface area contributed by atoms with Crippen LogP contribution in [0.2, 0.25) is 0 Å². The Labute approximate surface area is 126 Å². The molecule has 3 aliphatic rings. The van der Waals surface area contributed by atoms with Gasteiger partial charge in [-0.05, 0) is 43.1 Å². The van der Waals surface area contributed by atoms with E-state index in [1.165, 1.54) is 24.8 Å². The minimum absolute atomic E-state index is 0.115. The first-order chi connectivity index (χ1) is 10.3. The predicted molar refractivity (Wildman–Crippen MR) is 80.9 cm³/mol. The smallest absolute Gasteiger partial charge is 0.249 e. The molecule has 21 heavy (non-hydrogen) atoms. The largest absolute Gasteiger partial charge is 0.368 e. The molecular weight excluding hydrogens is 262 g/mol. The lowest BCUT2D eigenvalue weighted by molar-refractivity contribution is -0.133. The van der Waals surface area contributed by atoms with Crippen molar-refractivity contribution in [2.45, 2.75) is 50.2 Å². The van der Waals surface area contributed by atoms with Crippen LogP contribution in [0.1, 0.15) is 43.6 Å². The van der Waals surface area contributed by atoms with Crippen molar-refractivity contribution in [3.8, 4) is 0 Å². The third-order valence-electron chi connectivity index (χ3n) is 5.65. The number of ether oxygens (including phenoxy) is 1. The minimum atomic E-state index is -0.207. The van der Waals surface area contributed by atoms with Crippen LogP contribution < -0.4 is 5.32 Å². The normalized spacial score (nSPS) is 37.8. The summed E-state index contributed by atoms with van der Waals surface area (Å²) in [4.78, 5) is 12.4. The van der Waals surface area contributed by atoms with E-state index in [2.05, 4.69) is 35.6 Å². The lowest BCUT2D eigenvalue weighted by atomic mass is 9.60. The predicted octanol–water partition coefficient (Wildman–Crippen LogP) is 2.86. The van der Waals surface area contributed by atoms with Crippen LogP contribution in [0.15, 0.2) is 30.3 Å². The first-order valence-electron chi connectivity index (χ1n) is 8.31. The molecule has 4 rings (SSSR count). The average Bonchev–Trinajstić information content (AvgIpc) is 3.16. The summed E-state index contributed by atoms with van der Waals surface area (Å²) in [5, 5.41) is 3.31. The lowest BCUT2D eigenvalue weighted by Gasteiger charge is -2.50. The fraction of sp³-hybridized carbons (Fsp3) is 0.611. The Bertz CT molecular complexity index is 509. The lowest BCUT2D eigenvalue weighted by Crippen LogP contribution is -2.58. The zero-order valence-electron chi connectivity index (χ0n) is 12.3. The summed E-state index contributed by atoms with van der Waals surface area (Å²) in [6, 6.07) is 11.0. The Hall–Kier alpha value is -1.35. The van der Waals surface area contributed by atoms with Gasteiger partial charge in [0, 0.05) is 18.6 Å². The summed E-state index contributed by atoms with van der Waals surface area (Å²) in [5.41, 5.74) is 1.39. The summed E-state index contributed by atoms with van der Waals surface area (Å²) in [6.07, 6.45) is 5.58. The van der Waals surface area contributed by atoms with Crippen molar-refractivity contribution in [3.05, 3.63) is 35.9 Å². The minimum Gasteiger partial charge on any atom is -0.368 e. The van der Waals surface area contributed by atoms with E-state index in [0.717, 1.165) is 25.4 Å². The third kappa shape index (κ3) is 2.28. The van der Waals surface area contributed by atoms with E-state index >= 15 is 0 Å². The molecule has 3 nitrogen and oxygen atoms in total. The van der Waals surface area contributed by atoms with Crippen LogP contribution in [0.4, 0.5) is 0 Å². The fourth-order valence-corrected chi connectivity index (χ4v) is 4.66. The Kier molecular flexibility index (Phi) is 3.46. The molecule has 1 heterocycles. The first kappa shape index (κ1) is 13.3. The van der Waals surface area contributed by atoms with Crippen molar-refractivity contribution in [2.75, 3.05) is 6.61 Å². The number of hydrogen-bond acceptors (Lipinski definition) is 2. The van der Waals surface area contributed by atoms with Crippen molar-refractivity contribution in [1.29, 1.82) is 0 Å². The summed E-state index contributed by atoms with van der Waals surface area (Å²) in [6.45, 7) is 0.733. The van der Waals surface area contributed by atoms with Crippen molar-refractivity contribution in [1.82, 2.24) is 5.32 Å².